The third kappa shape index (κ3) is 3.16. The van der Waals surface area contributed by atoms with E-state index in [2.05, 4.69) is 15.5 Å². The summed E-state index contributed by atoms with van der Waals surface area (Å²) in [6, 6.07) is 3.10. The summed E-state index contributed by atoms with van der Waals surface area (Å²) >= 11 is 0. The standard InChI is InChI=1S/C12H15N5O3/c1-7-3-10(16-20-7)15-11(18)6-17(2)12(19)9-4-8(13)5-14-9/h3-5,14H,6,13H2,1-2H3,(H,15,16,18). The van der Waals surface area contributed by atoms with Gasteiger partial charge in [0.15, 0.2) is 5.82 Å². The van der Waals surface area contributed by atoms with Gasteiger partial charge in [-0.05, 0) is 13.0 Å². The highest BCUT2D eigenvalue weighted by atomic mass is 16.5. The van der Waals surface area contributed by atoms with E-state index in [1.807, 2.05) is 0 Å². The average Bonchev–Trinajstić information content (AvgIpc) is 2.97. The first kappa shape index (κ1) is 13.7. The molecule has 8 nitrogen and oxygen atoms in total. The highest BCUT2D eigenvalue weighted by Gasteiger charge is 2.17. The van der Waals surface area contributed by atoms with Crippen LogP contribution in [0.3, 0.4) is 0 Å². The summed E-state index contributed by atoms with van der Waals surface area (Å²) in [7, 11) is 1.52. The maximum Gasteiger partial charge on any atom is 0.270 e. The van der Waals surface area contributed by atoms with Crippen LogP contribution in [0.25, 0.3) is 0 Å². The van der Waals surface area contributed by atoms with Crippen LogP contribution in [0.1, 0.15) is 16.2 Å². The molecule has 2 aromatic rings. The zero-order chi connectivity index (χ0) is 14.7. The zero-order valence-electron chi connectivity index (χ0n) is 11.1. The number of nitrogens with one attached hydrogen (secondary N) is 2. The number of nitrogens with zero attached hydrogens (tertiary/aromatic N) is 2. The van der Waals surface area contributed by atoms with Crippen LogP contribution in [0.2, 0.25) is 0 Å². The SMILES string of the molecule is Cc1cc(NC(=O)CN(C)C(=O)c2cc(N)c[nH]2)no1. The second kappa shape index (κ2) is 5.47. The van der Waals surface area contributed by atoms with Gasteiger partial charge in [0.05, 0.1) is 6.54 Å². The fourth-order valence-corrected chi connectivity index (χ4v) is 1.64. The second-order valence-electron chi connectivity index (χ2n) is 4.38. The first-order valence-corrected chi connectivity index (χ1v) is 5.88. The van der Waals surface area contributed by atoms with Gasteiger partial charge in [-0.2, -0.15) is 0 Å². The van der Waals surface area contributed by atoms with Crippen molar-refractivity contribution in [3.63, 3.8) is 0 Å². The van der Waals surface area contributed by atoms with E-state index in [9.17, 15) is 9.59 Å². The lowest BCUT2D eigenvalue weighted by atomic mass is 10.3. The minimum atomic E-state index is -0.367. The molecule has 2 rings (SSSR count). The van der Waals surface area contributed by atoms with Gasteiger partial charge < -0.3 is 25.5 Å². The Hall–Kier alpha value is -2.77. The summed E-state index contributed by atoms with van der Waals surface area (Å²) in [4.78, 5) is 27.7. The van der Waals surface area contributed by atoms with Crippen molar-refractivity contribution >= 4 is 23.3 Å². The van der Waals surface area contributed by atoms with Crippen LogP contribution >= 0.6 is 0 Å². The number of likely N-dealkylation sites (N-methyl/N-ethyl adjacent to an activating group) is 1. The number of aromatic amines is 1. The lowest BCUT2D eigenvalue weighted by molar-refractivity contribution is -0.116. The van der Waals surface area contributed by atoms with Crippen LogP contribution in [-0.4, -0.2) is 40.4 Å². The lowest BCUT2D eigenvalue weighted by Crippen LogP contribution is -2.35. The number of nitrogen functional groups attached to an aromatic ring is 1. The number of hydrogen-bond donors (Lipinski definition) is 3. The number of H-pyrrole nitrogens is 1. The molecule has 0 spiro atoms. The number of aromatic nitrogens is 2. The molecule has 2 aromatic heterocycles. The number of carbonyl (C=O) groups is 2. The largest absolute Gasteiger partial charge is 0.397 e. The Labute approximate surface area is 114 Å². The maximum atomic E-state index is 12.0. The van der Waals surface area contributed by atoms with Crippen LogP contribution in [0.15, 0.2) is 22.9 Å². The van der Waals surface area contributed by atoms with E-state index in [0.717, 1.165) is 0 Å². The monoisotopic (exact) mass is 277 g/mol. The Bertz CT molecular complexity index is 631. The molecular formula is C12H15N5O3. The number of carbonyl (C=O) groups excluding carboxylic acids is 2. The molecule has 2 amide bonds. The smallest absolute Gasteiger partial charge is 0.270 e. The molecule has 0 saturated carbocycles. The van der Waals surface area contributed by atoms with E-state index in [-0.39, 0.29) is 18.4 Å². The van der Waals surface area contributed by atoms with Crippen molar-refractivity contribution in [3.8, 4) is 0 Å². The molecule has 0 aliphatic carbocycles. The van der Waals surface area contributed by atoms with Crippen LogP contribution < -0.4 is 11.1 Å². The molecule has 20 heavy (non-hydrogen) atoms. The summed E-state index contributed by atoms with van der Waals surface area (Å²) in [5.41, 5.74) is 6.31. The molecule has 0 bridgehead atoms. The molecule has 0 fully saturated rings. The number of amides is 2. The minimum Gasteiger partial charge on any atom is -0.397 e. The fraction of sp³-hybridized carbons (Fsp3) is 0.250. The van der Waals surface area contributed by atoms with Gasteiger partial charge in [-0.15, -0.1) is 0 Å². The molecule has 0 aliphatic heterocycles. The second-order valence-corrected chi connectivity index (χ2v) is 4.38. The molecule has 106 valence electrons. The van der Waals surface area contributed by atoms with E-state index >= 15 is 0 Å². The lowest BCUT2D eigenvalue weighted by Gasteiger charge is -2.15. The van der Waals surface area contributed by atoms with Crippen LogP contribution in [0, 0.1) is 6.92 Å². The highest BCUT2D eigenvalue weighted by molar-refractivity contribution is 5.98. The number of anilines is 2. The Kier molecular flexibility index (Phi) is 3.74. The number of rotatable bonds is 4. The highest BCUT2D eigenvalue weighted by Crippen LogP contribution is 2.09. The van der Waals surface area contributed by atoms with Gasteiger partial charge in [0.1, 0.15) is 11.5 Å². The third-order valence-electron chi connectivity index (χ3n) is 2.56. The Balaban J connectivity index is 1.92. The van der Waals surface area contributed by atoms with Crippen LogP contribution in [-0.2, 0) is 4.79 Å². The Morgan fingerprint density at radius 2 is 2.25 bits per heavy atom. The van der Waals surface area contributed by atoms with Crippen LogP contribution in [0.5, 0.6) is 0 Å². The molecule has 0 saturated heterocycles. The predicted octanol–water partition coefficient (Wildman–Crippen LogP) is 0.604. The number of hydrogen-bond acceptors (Lipinski definition) is 5. The molecule has 8 heteroatoms. The topological polar surface area (TPSA) is 117 Å². The van der Waals surface area contributed by atoms with Crippen molar-refractivity contribution in [3.05, 3.63) is 29.8 Å². The summed E-state index contributed by atoms with van der Waals surface area (Å²) < 4.78 is 4.83. The van der Waals surface area contributed by atoms with Crippen molar-refractivity contribution in [2.45, 2.75) is 6.92 Å². The normalized spacial score (nSPS) is 10.3. The Morgan fingerprint density at radius 1 is 1.50 bits per heavy atom. The van der Waals surface area contributed by atoms with Gasteiger partial charge in [0.2, 0.25) is 5.91 Å². The first-order valence-electron chi connectivity index (χ1n) is 5.88. The van der Waals surface area contributed by atoms with Crippen molar-refractivity contribution in [2.24, 2.45) is 0 Å². The molecule has 2 heterocycles. The molecule has 0 unspecified atom stereocenters. The van der Waals surface area contributed by atoms with Crippen molar-refractivity contribution in [2.75, 3.05) is 24.6 Å². The molecule has 0 aromatic carbocycles. The van der Waals surface area contributed by atoms with E-state index in [0.29, 0.717) is 23.0 Å². The van der Waals surface area contributed by atoms with Crippen molar-refractivity contribution in [1.82, 2.24) is 15.0 Å². The molecular weight excluding hydrogens is 262 g/mol. The van der Waals surface area contributed by atoms with Gasteiger partial charge in [-0.3, -0.25) is 9.59 Å². The van der Waals surface area contributed by atoms with E-state index in [1.54, 1.807) is 13.0 Å². The van der Waals surface area contributed by atoms with Gasteiger partial charge >= 0.3 is 0 Å². The van der Waals surface area contributed by atoms with Gasteiger partial charge in [-0.25, -0.2) is 0 Å². The van der Waals surface area contributed by atoms with E-state index < -0.39 is 0 Å². The van der Waals surface area contributed by atoms with Crippen molar-refractivity contribution < 1.29 is 14.1 Å². The summed E-state index contributed by atoms with van der Waals surface area (Å²) in [6.45, 7) is 1.61. The first-order chi connectivity index (χ1) is 9.45. The minimum absolute atomic E-state index is 0.107. The fourth-order valence-electron chi connectivity index (χ4n) is 1.64. The summed E-state index contributed by atoms with van der Waals surface area (Å²) in [5, 5.41) is 6.17. The van der Waals surface area contributed by atoms with E-state index in [1.165, 1.54) is 24.2 Å². The Morgan fingerprint density at radius 3 is 2.80 bits per heavy atom. The zero-order valence-corrected chi connectivity index (χ0v) is 11.1. The van der Waals surface area contributed by atoms with Gasteiger partial charge in [0, 0.05) is 25.0 Å². The average molecular weight is 277 g/mol. The molecule has 4 N–H and O–H groups in total. The predicted molar refractivity (Wildman–Crippen MR) is 72.0 cm³/mol. The third-order valence-corrected chi connectivity index (χ3v) is 2.56. The van der Waals surface area contributed by atoms with Crippen molar-refractivity contribution in [1.29, 1.82) is 0 Å². The summed E-state index contributed by atoms with van der Waals surface area (Å²) in [5.74, 6) is 0.214. The van der Waals surface area contributed by atoms with Gasteiger partial charge in [0.25, 0.3) is 5.91 Å². The molecule has 0 atom stereocenters. The molecule has 0 radical (unpaired) electrons. The van der Waals surface area contributed by atoms with Gasteiger partial charge in [-0.1, -0.05) is 5.16 Å². The quantitative estimate of drug-likeness (QED) is 0.756. The van der Waals surface area contributed by atoms with E-state index in [4.69, 9.17) is 10.3 Å². The number of aryl methyl sites for hydroxylation is 1. The molecule has 0 aliphatic rings. The maximum absolute atomic E-state index is 12.0. The van der Waals surface area contributed by atoms with Crippen LogP contribution in [0.4, 0.5) is 11.5 Å². The number of nitrogens with two attached hydrogens (primary N) is 1. The summed E-state index contributed by atoms with van der Waals surface area (Å²) in [6.07, 6.45) is 1.51.